The van der Waals surface area contributed by atoms with E-state index in [1.165, 1.54) is 0 Å². The van der Waals surface area contributed by atoms with Gasteiger partial charge in [-0.1, -0.05) is 12.1 Å². The number of anilines is 1. The van der Waals surface area contributed by atoms with Crippen LogP contribution in [0.2, 0.25) is 0 Å². The topological polar surface area (TPSA) is 267 Å². The van der Waals surface area contributed by atoms with Gasteiger partial charge in [0.2, 0.25) is 0 Å². The molecule has 1 aromatic rings. The molecule has 0 aliphatic carbocycles. The third-order valence-electron chi connectivity index (χ3n) is 3.94. The monoisotopic (exact) mass is 582 g/mol. The first-order chi connectivity index (χ1) is 15.3. The third-order valence-corrected chi connectivity index (χ3v) is 3.94. The van der Waals surface area contributed by atoms with Crippen LogP contribution in [-0.4, -0.2) is 57.3 Å². The largest absolute Gasteiger partial charge is 2.00 e. The predicted octanol–water partition coefficient (Wildman–Crippen LogP) is -8.55. The zero-order valence-corrected chi connectivity index (χ0v) is 20.4. The molecule has 0 saturated carbocycles. The zero-order chi connectivity index (χ0) is 25.3. The average molecular weight is 584 g/mol. The smallest absolute Gasteiger partial charge is 0.365 e. The van der Waals surface area contributed by atoms with Crippen molar-refractivity contribution in [2.75, 3.05) is 57.3 Å². The van der Waals surface area contributed by atoms with E-state index in [9.17, 15) is 10.1 Å². The molecule has 15 nitrogen and oxygen atoms in total. The van der Waals surface area contributed by atoms with Crippen LogP contribution in [0.3, 0.4) is 0 Å². The van der Waals surface area contributed by atoms with Crippen molar-refractivity contribution in [3.05, 3.63) is 34.4 Å². The Bertz CT molecular complexity index is 632. The van der Waals surface area contributed by atoms with Crippen molar-refractivity contribution in [1.82, 2.24) is 16.0 Å². The van der Waals surface area contributed by atoms with E-state index in [0.29, 0.717) is 5.69 Å². The minimum absolute atomic E-state index is 0. The van der Waals surface area contributed by atoms with Gasteiger partial charge in [-0.25, -0.2) is 37.3 Å². The van der Waals surface area contributed by atoms with Gasteiger partial charge in [-0.3, -0.25) is 10.1 Å². The van der Waals surface area contributed by atoms with Crippen molar-refractivity contribution in [3.63, 3.8) is 0 Å². The van der Waals surface area contributed by atoms with Gasteiger partial charge in [0.15, 0.2) is 0 Å². The number of rotatable bonds is 2. The minimum atomic E-state index is -4.94. The molecular weight excluding hydrogens is 557 g/mol. The van der Waals surface area contributed by atoms with Crippen LogP contribution in [0.1, 0.15) is 12.8 Å². The molecule has 2 rings (SSSR count). The molecule has 0 unspecified atom stereocenters. The maximum Gasteiger partial charge on any atom is 2.00 e. The number of nitrogens with one attached hydrogen (secondary N) is 3. The average Bonchev–Trinajstić information content (AvgIpc) is 2.67. The summed E-state index contributed by atoms with van der Waals surface area (Å²) in [6.45, 7) is 7.26. The number of nitro benzene ring substituents is 1. The molecule has 1 aliphatic heterocycles. The summed E-state index contributed by atoms with van der Waals surface area (Å²) in [7, 11) is -9.89. The number of benzene rings is 1. The first kappa shape index (κ1) is 35.2. The summed E-state index contributed by atoms with van der Waals surface area (Å²) in [4.78, 5) is 13.1. The van der Waals surface area contributed by atoms with Crippen LogP contribution in [0, 0.1) is 30.6 Å². The van der Waals surface area contributed by atoms with Crippen LogP contribution in [0.25, 0.3) is 0 Å². The van der Waals surface area contributed by atoms with Crippen molar-refractivity contribution in [1.29, 1.82) is 0 Å². The van der Waals surface area contributed by atoms with E-state index in [2.05, 4.69) is 20.9 Å². The van der Waals surface area contributed by atoms with Gasteiger partial charge >= 0.3 is 17.1 Å². The fourth-order valence-electron chi connectivity index (χ4n) is 2.74. The summed E-state index contributed by atoms with van der Waals surface area (Å²) in [6.07, 6.45) is 2.05. The maximum absolute atomic E-state index is 11.3. The summed E-state index contributed by atoms with van der Waals surface area (Å²) in [5.74, 6) is 0. The first-order valence-electron chi connectivity index (χ1n) is 9.63. The summed E-state index contributed by atoms with van der Waals surface area (Å²) in [5, 5.41) is 21.5. The van der Waals surface area contributed by atoms with Crippen LogP contribution < -0.4 is 58.1 Å². The fourth-order valence-corrected chi connectivity index (χ4v) is 2.74. The molecule has 0 atom stereocenters. The van der Waals surface area contributed by atoms with E-state index >= 15 is 0 Å². The Balaban J connectivity index is 0. The quantitative estimate of drug-likeness (QED) is 0.166. The molecule has 0 aromatic heterocycles. The number of halogens is 2. The molecule has 1 heterocycles. The standard InChI is InChI=1S/C16H27N5O2.2ClHO4.Cu/c22-21(23)16-6-2-1-5-15(16)20-13-4-9-18-11-10-17-7-3-8-19-12-14-20;2*2-1(3,4)5;/h1-2,5-6,17-19H,3-4,7-14H2;2*(H,2,3,4,5);/q;;;+2/p-2. The molecule has 1 aliphatic rings. The van der Waals surface area contributed by atoms with Gasteiger partial charge < -0.3 is 20.9 Å². The summed E-state index contributed by atoms with van der Waals surface area (Å²) in [6, 6.07) is 7.01. The van der Waals surface area contributed by atoms with Gasteiger partial charge in [-0.05, 0) is 38.5 Å². The Morgan fingerprint density at radius 2 is 1.15 bits per heavy atom. The Kier molecular flexibility index (Phi) is 20.0. The fraction of sp³-hybridized carbons (Fsp3) is 0.625. The van der Waals surface area contributed by atoms with E-state index in [4.69, 9.17) is 37.3 Å². The van der Waals surface area contributed by atoms with Crippen molar-refractivity contribution in [2.24, 2.45) is 0 Å². The second kappa shape index (κ2) is 19.3. The van der Waals surface area contributed by atoms with Crippen molar-refractivity contribution < 1.29 is 79.8 Å². The maximum atomic E-state index is 11.3. The third kappa shape index (κ3) is 24.2. The summed E-state index contributed by atoms with van der Waals surface area (Å²) in [5.41, 5.74) is 0.902. The zero-order valence-electron chi connectivity index (χ0n) is 17.9. The van der Waals surface area contributed by atoms with E-state index in [0.717, 1.165) is 65.2 Å². The van der Waals surface area contributed by atoms with Gasteiger partial charge in [0.1, 0.15) is 5.69 Å². The summed E-state index contributed by atoms with van der Waals surface area (Å²) >= 11 is 0. The van der Waals surface area contributed by atoms with E-state index in [-0.39, 0.29) is 27.7 Å². The SMILES string of the molecule is O=[N+]([O-])c1ccccc1N1CCCNCCNCCCNCC1.[Cu+2].[O-][Cl+3]([O-])([O-])[O-].[O-][Cl+3]([O-])([O-])[O-]. The molecule has 0 amide bonds. The molecule has 201 valence electrons. The van der Waals surface area contributed by atoms with Crippen molar-refractivity contribution in [2.45, 2.75) is 12.8 Å². The van der Waals surface area contributed by atoms with Crippen molar-refractivity contribution >= 4 is 11.4 Å². The van der Waals surface area contributed by atoms with Gasteiger partial charge in [0.25, 0.3) is 5.69 Å². The normalized spacial score (nSPS) is 16.4. The molecule has 0 bridgehead atoms. The number of hydrogen-bond acceptors (Lipinski definition) is 14. The number of hydrogen-bond donors (Lipinski definition) is 3. The van der Waals surface area contributed by atoms with Gasteiger partial charge in [-0.2, -0.15) is 0 Å². The molecule has 3 N–H and O–H groups in total. The summed E-state index contributed by atoms with van der Waals surface area (Å²) < 4.78 is 67.9. The van der Waals surface area contributed by atoms with Gasteiger partial charge in [0.05, 0.1) is 4.92 Å². The number of nitro groups is 1. The second-order valence-electron chi connectivity index (χ2n) is 6.45. The first-order valence-corrected chi connectivity index (χ1v) is 12.1. The molecular formula is C16H27Cl2CuN5O10. The van der Waals surface area contributed by atoms with Crippen LogP contribution in [0.4, 0.5) is 11.4 Å². The van der Waals surface area contributed by atoms with Gasteiger partial charge in [0, 0.05) is 38.8 Å². The van der Waals surface area contributed by atoms with E-state index in [1.54, 1.807) is 12.1 Å². The van der Waals surface area contributed by atoms with Crippen LogP contribution in [0.15, 0.2) is 24.3 Å². The Morgan fingerprint density at radius 1 is 0.706 bits per heavy atom. The minimum Gasteiger partial charge on any atom is -0.365 e. The predicted molar refractivity (Wildman–Crippen MR) is 93.2 cm³/mol. The Morgan fingerprint density at radius 3 is 1.65 bits per heavy atom. The molecule has 1 radical (unpaired) electrons. The molecule has 1 saturated heterocycles. The van der Waals surface area contributed by atoms with Crippen LogP contribution in [-0.2, 0) is 17.1 Å². The molecule has 0 spiro atoms. The number of nitrogens with zero attached hydrogens (tertiary/aromatic N) is 2. The van der Waals surface area contributed by atoms with Crippen LogP contribution in [0.5, 0.6) is 0 Å². The molecule has 1 fully saturated rings. The second-order valence-corrected chi connectivity index (χ2v) is 7.96. The van der Waals surface area contributed by atoms with E-state index < -0.39 is 20.5 Å². The molecule has 18 heteroatoms. The van der Waals surface area contributed by atoms with Gasteiger partial charge in [-0.15, -0.1) is 20.5 Å². The van der Waals surface area contributed by atoms with Crippen molar-refractivity contribution in [3.8, 4) is 0 Å². The Labute approximate surface area is 211 Å². The molecule has 1 aromatic carbocycles. The molecule has 34 heavy (non-hydrogen) atoms. The Hall–Kier alpha value is -0.921. The van der Waals surface area contributed by atoms with E-state index in [1.807, 2.05) is 12.1 Å². The number of para-hydroxylation sites is 2. The van der Waals surface area contributed by atoms with Crippen LogP contribution >= 0.6 is 0 Å².